The quantitative estimate of drug-likeness (QED) is 0.176. The van der Waals surface area contributed by atoms with Crippen LogP contribution in [0, 0.1) is 5.92 Å². The fourth-order valence-corrected chi connectivity index (χ4v) is 3.57. The first-order chi connectivity index (χ1) is 15.1. The highest BCUT2D eigenvalue weighted by Crippen LogP contribution is 2.14. The lowest BCUT2D eigenvalue weighted by Crippen LogP contribution is -2.15. The average Bonchev–Trinajstić information content (AvgIpc) is 2.76. The second-order valence-corrected chi connectivity index (χ2v) is 8.89. The van der Waals surface area contributed by atoms with Crippen LogP contribution >= 0.6 is 0 Å². The topological polar surface area (TPSA) is 52.6 Å². The van der Waals surface area contributed by atoms with E-state index >= 15 is 0 Å². The number of esters is 2. The molecule has 31 heavy (non-hydrogen) atoms. The van der Waals surface area contributed by atoms with Crippen LogP contribution in [0.25, 0.3) is 0 Å². The number of ether oxygens (including phenoxy) is 2. The van der Waals surface area contributed by atoms with Crippen molar-refractivity contribution in [1.82, 2.24) is 0 Å². The van der Waals surface area contributed by atoms with Crippen molar-refractivity contribution in [2.45, 2.75) is 104 Å². The van der Waals surface area contributed by atoms with E-state index in [1.54, 1.807) is 24.3 Å². The van der Waals surface area contributed by atoms with E-state index in [1.165, 1.54) is 51.4 Å². The molecule has 1 rings (SSSR count). The Balaban J connectivity index is 2.24. The van der Waals surface area contributed by atoms with Crippen molar-refractivity contribution in [2.24, 2.45) is 5.92 Å². The molecule has 0 saturated carbocycles. The molecule has 0 saturated heterocycles. The number of rotatable bonds is 18. The van der Waals surface area contributed by atoms with E-state index in [-0.39, 0.29) is 0 Å². The van der Waals surface area contributed by atoms with E-state index in [0.717, 1.165) is 38.0 Å². The summed E-state index contributed by atoms with van der Waals surface area (Å²) < 4.78 is 10.8. The Bertz CT molecular complexity index is 609. The van der Waals surface area contributed by atoms with Crippen molar-refractivity contribution < 1.29 is 19.1 Å². The lowest BCUT2D eigenvalue weighted by molar-refractivity contribution is 0.0450. The van der Waals surface area contributed by atoms with Crippen molar-refractivity contribution in [1.29, 1.82) is 0 Å². The minimum Gasteiger partial charge on any atom is -0.462 e. The van der Waals surface area contributed by atoms with Gasteiger partial charge >= 0.3 is 11.9 Å². The van der Waals surface area contributed by atoms with Gasteiger partial charge in [-0.05, 0) is 30.9 Å². The molecule has 176 valence electrons. The zero-order valence-electron chi connectivity index (χ0n) is 20.1. The van der Waals surface area contributed by atoms with Gasteiger partial charge < -0.3 is 9.47 Å². The summed E-state index contributed by atoms with van der Waals surface area (Å²) in [4.78, 5) is 24.8. The Morgan fingerprint density at radius 2 is 1.10 bits per heavy atom. The average molecular weight is 433 g/mol. The summed E-state index contributed by atoms with van der Waals surface area (Å²) in [6.07, 6.45) is 15.1. The van der Waals surface area contributed by atoms with Gasteiger partial charge in [0.05, 0.1) is 24.3 Å². The van der Waals surface area contributed by atoms with Gasteiger partial charge in [-0.15, -0.1) is 0 Å². The summed E-state index contributed by atoms with van der Waals surface area (Å²) in [7, 11) is 0. The molecule has 0 bridgehead atoms. The number of hydrogen-bond donors (Lipinski definition) is 0. The van der Waals surface area contributed by atoms with Crippen LogP contribution < -0.4 is 0 Å². The molecule has 0 radical (unpaired) electrons. The maximum atomic E-state index is 12.5. The number of carbonyl (C=O) groups is 2. The van der Waals surface area contributed by atoms with E-state index in [4.69, 9.17) is 9.47 Å². The first-order valence-electron chi connectivity index (χ1n) is 12.5. The van der Waals surface area contributed by atoms with Gasteiger partial charge in [-0.3, -0.25) is 0 Å². The molecular formula is C27H44O4. The molecule has 0 spiro atoms. The zero-order valence-corrected chi connectivity index (χ0v) is 20.1. The summed E-state index contributed by atoms with van der Waals surface area (Å²) in [5.74, 6) is -0.0816. The van der Waals surface area contributed by atoms with E-state index in [0.29, 0.717) is 24.3 Å². The van der Waals surface area contributed by atoms with Crippen molar-refractivity contribution in [3.05, 3.63) is 35.4 Å². The molecule has 0 amide bonds. The molecule has 0 N–H and O–H groups in total. The summed E-state index contributed by atoms with van der Waals surface area (Å²) >= 11 is 0. The fourth-order valence-electron chi connectivity index (χ4n) is 3.57. The molecule has 0 fully saturated rings. The predicted molar refractivity (Wildman–Crippen MR) is 128 cm³/mol. The molecule has 0 atom stereocenters. The molecule has 0 heterocycles. The second-order valence-electron chi connectivity index (χ2n) is 8.89. The smallest absolute Gasteiger partial charge is 0.339 e. The van der Waals surface area contributed by atoms with Gasteiger partial charge in [0.15, 0.2) is 0 Å². The van der Waals surface area contributed by atoms with Crippen LogP contribution in [0.3, 0.4) is 0 Å². The lowest BCUT2D eigenvalue weighted by atomic mass is 10.0. The van der Waals surface area contributed by atoms with Gasteiger partial charge in [0, 0.05) is 0 Å². The van der Waals surface area contributed by atoms with E-state index in [2.05, 4.69) is 20.8 Å². The van der Waals surface area contributed by atoms with Crippen LogP contribution in [0.1, 0.15) is 125 Å². The Hall–Kier alpha value is -1.84. The fraction of sp³-hybridized carbons (Fsp3) is 0.704. The first kappa shape index (κ1) is 27.2. The first-order valence-corrected chi connectivity index (χ1v) is 12.5. The van der Waals surface area contributed by atoms with Crippen LogP contribution in [0.15, 0.2) is 24.3 Å². The Kier molecular flexibility index (Phi) is 15.6. The SMILES string of the molecule is CCCCCCCOC(=O)c1ccccc1C(=O)OCCCCCCCCCC(C)C. The highest BCUT2D eigenvalue weighted by atomic mass is 16.5. The van der Waals surface area contributed by atoms with E-state index < -0.39 is 11.9 Å². The third kappa shape index (κ3) is 13.2. The normalized spacial score (nSPS) is 11.0. The van der Waals surface area contributed by atoms with Crippen LogP contribution in [0.2, 0.25) is 0 Å². The maximum absolute atomic E-state index is 12.5. The summed E-state index contributed by atoms with van der Waals surface area (Å²) in [5.41, 5.74) is 0.589. The van der Waals surface area contributed by atoms with Crippen LogP contribution in [0.5, 0.6) is 0 Å². The monoisotopic (exact) mass is 432 g/mol. The van der Waals surface area contributed by atoms with E-state index in [9.17, 15) is 9.59 Å². The molecule has 1 aromatic carbocycles. The van der Waals surface area contributed by atoms with Gasteiger partial charge in [-0.1, -0.05) is 104 Å². The number of carbonyl (C=O) groups excluding carboxylic acids is 2. The summed E-state index contributed by atoms with van der Waals surface area (Å²) in [6.45, 7) is 7.51. The number of benzene rings is 1. The summed E-state index contributed by atoms with van der Waals surface area (Å²) in [6, 6.07) is 6.76. The van der Waals surface area contributed by atoms with Crippen molar-refractivity contribution in [3.8, 4) is 0 Å². The molecule has 0 aliphatic heterocycles. The predicted octanol–water partition coefficient (Wildman–Crippen LogP) is 7.75. The Morgan fingerprint density at radius 1 is 0.677 bits per heavy atom. The molecule has 0 aliphatic carbocycles. The van der Waals surface area contributed by atoms with Gasteiger partial charge in [-0.25, -0.2) is 9.59 Å². The van der Waals surface area contributed by atoms with Gasteiger partial charge in [-0.2, -0.15) is 0 Å². The third-order valence-corrected chi connectivity index (χ3v) is 5.51. The minimum absolute atomic E-state index is 0.294. The van der Waals surface area contributed by atoms with Crippen LogP contribution in [-0.2, 0) is 9.47 Å². The Labute approximate surface area is 190 Å². The molecule has 0 aliphatic rings. The largest absolute Gasteiger partial charge is 0.462 e. The molecule has 0 unspecified atom stereocenters. The van der Waals surface area contributed by atoms with Crippen molar-refractivity contribution in [3.63, 3.8) is 0 Å². The highest BCUT2D eigenvalue weighted by molar-refractivity contribution is 6.03. The third-order valence-electron chi connectivity index (χ3n) is 5.51. The highest BCUT2D eigenvalue weighted by Gasteiger charge is 2.18. The second kappa shape index (κ2) is 17.8. The molecule has 4 heteroatoms. The van der Waals surface area contributed by atoms with Crippen molar-refractivity contribution in [2.75, 3.05) is 13.2 Å². The van der Waals surface area contributed by atoms with Crippen LogP contribution in [0.4, 0.5) is 0 Å². The summed E-state index contributed by atoms with van der Waals surface area (Å²) in [5, 5.41) is 0. The molecule has 4 nitrogen and oxygen atoms in total. The zero-order chi connectivity index (χ0) is 22.7. The molecule has 1 aromatic rings. The Morgan fingerprint density at radius 3 is 1.55 bits per heavy atom. The maximum Gasteiger partial charge on any atom is 0.339 e. The number of hydrogen-bond acceptors (Lipinski definition) is 4. The molecular weight excluding hydrogens is 388 g/mol. The number of unbranched alkanes of at least 4 members (excludes halogenated alkanes) is 10. The van der Waals surface area contributed by atoms with E-state index in [1.807, 2.05) is 0 Å². The van der Waals surface area contributed by atoms with Crippen LogP contribution in [-0.4, -0.2) is 25.2 Å². The van der Waals surface area contributed by atoms with Gasteiger partial charge in [0.2, 0.25) is 0 Å². The lowest BCUT2D eigenvalue weighted by Gasteiger charge is -2.10. The molecule has 0 aromatic heterocycles. The van der Waals surface area contributed by atoms with Gasteiger partial charge in [0.1, 0.15) is 0 Å². The standard InChI is InChI=1S/C27H44O4/c1-4-5-6-11-16-21-30-26(28)24-19-14-15-20-25(24)27(29)31-22-17-12-9-7-8-10-13-18-23(2)3/h14-15,19-20,23H,4-13,16-18,21-22H2,1-3H3. The minimum atomic E-state index is -0.444. The van der Waals surface area contributed by atoms with Crippen molar-refractivity contribution >= 4 is 11.9 Å². The van der Waals surface area contributed by atoms with Gasteiger partial charge in [0.25, 0.3) is 0 Å².